The van der Waals surface area contributed by atoms with Crippen LogP contribution in [0.4, 0.5) is 4.39 Å². The summed E-state index contributed by atoms with van der Waals surface area (Å²) in [5, 5.41) is 23.3. The Morgan fingerprint density at radius 1 is 1.15 bits per heavy atom. The summed E-state index contributed by atoms with van der Waals surface area (Å²) < 4.78 is 13.9. The second-order valence-electron chi connectivity index (χ2n) is 5.45. The maximum Gasteiger partial charge on any atom is 0.165 e. The number of rotatable bonds is 0. The Morgan fingerprint density at radius 2 is 2.00 bits per heavy atom. The fraction of sp³-hybridized carbons (Fsp3) is 0.250. The molecule has 1 heterocycles. The standard InChI is InChI=1S/C16H14FNO2/c17-10-5-9-3-4-18-12-6-8-1-2-13(19)16(20)15(8)11(7-10)14(9)12/h1-2,5,7,12,18-20H,3-4,6H2/t12-/m1/s1. The van der Waals surface area contributed by atoms with E-state index in [1.54, 1.807) is 12.1 Å². The fourth-order valence-electron chi connectivity index (χ4n) is 3.47. The van der Waals surface area contributed by atoms with Crippen LogP contribution in [0.2, 0.25) is 0 Å². The summed E-state index contributed by atoms with van der Waals surface area (Å²) in [6.07, 6.45) is 1.53. The minimum Gasteiger partial charge on any atom is -0.504 e. The van der Waals surface area contributed by atoms with Crippen LogP contribution in [0.3, 0.4) is 0 Å². The van der Waals surface area contributed by atoms with Crippen LogP contribution < -0.4 is 5.32 Å². The third kappa shape index (κ3) is 1.48. The molecule has 0 saturated carbocycles. The van der Waals surface area contributed by atoms with Gasteiger partial charge in [0.05, 0.1) is 0 Å². The summed E-state index contributed by atoms with van der Waals surface area (Å²) in [5.41, 5.74) is 4.26. The van der Waals surface area contributed by atoms with Crippen molar-refractivity contribution in [2.24, 2.45) is 0 Å². The Hall–Kier alpha value is -2.07. The third-order valence-electron chi connectivity index (χ3n) is 4.30. The summed E-state index contributed by atoms with van der Waals surface area (Å²) in [6.45, 7) is 0.833. The van der Waals surface area contributed by atoms with Gasteiger partial charge in [-0.05, 0) is 59.8 Å². The van der Waals surface area contributed by atoms with Crippen molar-refractivity contribution < 1.29 is 14.6 Å². The number of aromatic hydroxyl groups is 2. The number of benzene rings is 2. The molecule has 0 spiro atoms. The Morgan fingerprint density at radius 3 is 2.85 bits per heavy atom. The molecule has 2 aromatic carbocycles. The molecule has 0 aromatic heterocycles. The molecule has 0 radical (unpaired) electrons. The molecule has 1 atom stereocenters. The predicted molar refractivity (Wildman–Crippen MR) is 73.3 cm³/mol. The van der Waals surface area contributed by atoms with E-state index >= 15 is 0 Å². The maximum absolute atomic E-state index is 13.9. The van der Waals surface area contributed by atoms with E-state index in [1.807, 2.05) is 0 Å². The Labute approximate surface area is 115 Å². The molecule has 0 unspecified atom stereocenters. The van der Waals surface area contributed by atoms with Gasteiger partial charge in [0.25, 0.3) is 0 Å². The van der Waals surface area contributed by atoms with E-state index in [0.717, 1.165) is 36.1 Å². The number of hydrogen-bond donors (Lipinski definition) is 3. The molecule has 3 nitrogen and oxygen atoms in total. The molecule has 0 fully saturated rings. The highest BCUT2D eigenvalue weighted by Crippen LogP contribution is 2.48. The second kappa shape index (κ2) is 3.96. The van der Waals surface area contributed by atoms with Gasteiger partial charge < -0.3 is 15.5 Å². The molecule has 1 aliphatic carbocycles. The molecule has 4 rings (SSSR count). The number of phenols is 2. The van der Waals surface area contributed by atoms with Crippen molar-refractivity contribution in [3.8, 4) is 22.6 Å². The molecule has 0 amide bonds. The monoisotopic (exact) mass is 271 g/mol. The van der Waals surface area contributed by atoms with Gasteiger partial charge in [-0.25, -0.2) is 4.39 Å². The smallest absolute Gasteiger partial charge is 0.165 e. The molecule has 20 heavy (non-hydrogen) atoms. The summed E-state index contributed by atoms with van der Waals surface area (Å²) in [7, 11) is 0. The summed E-state index contributed by atoms with van der Waals surface area (Å²) >= 11 is 0. The van der Waals surface area contributed by atoms with Crippen molar-refractivity contribution in [3.05, 3.63) is 46.8 Å². The number of hydrogen-bond acceptors (Lipinski definition) is 3. The summed E-state index contributed by atoms with van der Waals surface area (Å²) in [6, 6.07) is 6.48. The van der Waals surface area contributed by atoms with Gasteiger partial charge in [0.15, 0.2) is 11.5 Å². The van der Waals surface area contributed by atoms with Gasteiger partial charge in [0.1, 0.15) is 5.82 Å². The first-order valence-corrected chi connectivity index (χ1v) is 6.75. The minimum absolute atomic E-state index is 0.153. The number of phenolic OH excluding ortho intramolecular Hbond substituents is 2. The average Bonchev–Trinajstić information content (AvgIpc) is 2.42. The van der Waals surface area contributed by atoms with Gasteiger partial charge in [-0.15, -0.1) is 0 Å². The van der Waals surface area contributed by atoms with Crippen LogP contribution >= 0.6 is 0 Å². The van der Waals surface area contributed by atoms with E-state index in [9.17, 15) is 14.6 Å². The van der Waals surface area contributed by atoms with Crippen molar-refractivity contribution in [1.29, 1.82) is 0 Å². The zero-order chi connectivity index (χ0) is 13.9. The van der Waals surface area contributed by atoms with Crippen LogP contribution in [0, 0.1) is 5.82 Å². The molecular formula is C16H14FNO2. The number of nitrogens with one attached hydrogen (secondary N) is 1. The Balaban J connectivity index is 2.08. The molecule has 0 saturated heterocycles. The van der Waals surface area contributed by atoms with E-state index in [4.69, 9.17) is 0 Å². The first-order chi connectivity index (χ1) is 9.65. The largest absolute Gasteiger partial charge is 0.504 e. The molecule has 2 aliphatic rings. The number of fused-ring (bicyclic) bond motifs is 2. The lowest BCUT2D eigenvalue weighted by Gasteiger charge is -2.34. The van der Waals surface area contributed by atoms with Crippen LogP contribution in [0.25, 0.3) is 11.1 Å². The van der Waals surface area contributed by atoms with Gasteiger partial charge in [-0.2, -0.15) is 0 Å². The molecule has 2 aromatic rings. The Bertz CT molecular complexity index is 727. The van der Waals surface area contributed by atoms with Crippen molar-refractivity contribution in [3.63, 3.8) is 0 Å². The second-order valence-corrected chi connectivity index (χ2v) is 5.45. The highest BCUT2D eigenvalue weighted by molar-refractivity contribution is 5.82. The number of halogens is 1. The highest BCUT2D eigenvalue weighted by Gasteiger charge is 2.32. The highest BCUT2D eigenvalue weighted by atomic mass is 19.1. The van der Waals surface area contributed by atoms with E-state index in [2.05, 4.69) is 5.32 Å². The van der Waals surface area contributed by atoms with E-state index in [0.29, 0.717) is 11.1 Å². The normalized spacial score (nSPS) is 19.4. The van der Waals surface area contributed by atoms with E-state index in [-0.39, 0.29) is 23.4 Å². The average molecular weight is 271 g/mol. The topological polar surface area (TPSA) is 52.5 Å². The van der Waals surface area contributed by atoms with E-state index in [1.165, 1.54) is 12.1 Å². The van der Waals surface area contributed by atoms with Crippen LogP contribution in [0.5, 0.6) is 11.5 Å². The SMILES string of the molecule is Oc1ccc2c(c1O)-c1cc(F)cc3c1[C@@H](C2)NCC3. The summed E-state index contributed by atoms with van der Waals surface area (Å²) in [5.74, 6) is -0.613. The van der Waals surface area contributed by atoms with Crippen LogP contribution in [-0.2, 0) is 12.8 Å². The molecule has 102 valence electrons. The predicted octanol–water partition coefficient (Wildman–Crippen LogP) is 2.65. The van der Waals surface area contributed by atoms with Crippen LogP contribution in [0.1, 0.15) is 22.7 Å². The lowest BCUT2D eigenvalue weighted by molar-refractivity contribution is 0.403. The maximum atomic E-state index is 13.9. The van der Waals surface area contributed by atoms with E-state index < -0.39 is 0 Å². The Kier molecular flexibility index (Phi) is 2.32. The molecule has 0 bridgehead atoms. The van der Waals surface area contributed by atoms with Crippen molar-refractivity contribution in [2.75, 3.05) is 6.54 Å². The first-order valence-electron chi connectivity index (χ1n) is 6.75. The lowest BCUT2D eigenvalue weighted by Crippen LogP contribution is -2.33. The molecule has 4 heteroatoms. The van der Waals surface area contributed by atoms with Gasteiger partial charge in [0, 0.05) is 11.6 Å². The third-order valence-corrected chi connectivity index (χ3v) is 4.30. The van der Waals surface area contributed by atoms with Crippen LogP contribution in [-0.4, -0.2) is 16.8 Å². The van der Waals surface area contributed by atoms with Gasteiger partial charge in [-0.1, -0.05) is 6.07 Å². The van der Waals surface area contributed by atoms with Gasteiger partial charge >= 0.3 is 0 Å². The zero-order valence-electron chi connectivity index (χ0n) is 10.8. The molecular weight excluding hydrogens is 257 g/mol. The summed E-state index contributed by atoms with van der Waals surface area (Å²) in [4.78, 5) is 0. The molecule has 3 N–H and O–H groups in total. The fourth-order valence-corrected chi connectivity index (χ4v) is 3.47. The molecule has 1 aliphatic heterocycles. The minimum atomic E-state index is -0.296. The quantitative estimate of drug-likeness (QED) is 0.646. The van der Waals surface area contributed by atoms with Crippen LogP contribution in [0.15, 0.2) is 24.3 Å². The van der Waals surface area contributed by atoms with Gasteiger partial charge in [-0.3, -0.25) is 0 Å². The van der Waals surface area contributed by atoms with Crippen molar-refractivity contribution in [1.82, 2.24) is 5.32 Å². The van der Waals surface area contributed by atoms with Gasteiger partial charge in [0.2, 0.25) is 0 Å². The van der Waals surface area contributed by atoms with Crippen molar-refractivity contribution >= 4 is 0 Å². The lowest BCUT2D eigenvalue weighted by atomic mass is 9.77. The first kappa shape index (κ1) is 11.7. The zero-order valence-corrected chi connectivity index (χ0v) is 10.8. The van der Waals surface area contributed by atoms with Crippen molar-refractivity contribution in [2.45, 2.75) is 18.9 Å².